The van der Waals surface area contributed by atoms with Crippen molar-refractivity contribution in [1.29, 1.82) is 0 Å². The molecule has 6 nitrogen and oxygen atoms in total. The lowest BCUT2D eigenvalue weighted by atomic mass is 10.5. The second-order valence-electron chi connectivity index (χ2n) is 2.76. The summed E-state index contributed by atoms with van der Waals surface area (Å²) >= 11 is 5.23. The van der Waals surface area contributed by atoms with E-state index < -0.39 is 8.80 Å². The van der Waals surface area contributed by atoms with Gasteiger partial charge in [0.05, 0.1) is 0 Å². The van der Waals surface area contributed by atoms with Crippen molar-refractivity contribution in [3.05, 3.63) is 0 Å². The Labute approximate surface area is 96.2 Å². The predicted octanol–water partition coefficient (Wildman–Crippen LogP) is 0.313. The number of nitrogens with one attached hydrogen (secondary N) is 1. The van der Waals surface area contributed by atoms with Gasteiger partial charge >= 0.3 is 8.80 Å². The molecule has 0 aliphatic rings. The number of halogens is 1. The minimum absolute atomic E-state index is 0.205. The first-order chi connectivity index (χ1) is 7.14. The third kappa shape index (κ3) is 5.33. The molecule has 0 unspecified atom stereocenters. The summed E-state index contributed by atoms with van der Waals surface area (Å²) in [5, 5.41) is 0. The molecule has 0 aliphatic heterocycles. The Morgan fingerprint density at radius 2 is 1.87 bits per heavy atom. The lowest BCUT2D eigenvalue weighted by molar-refractivity contribution is 0.123. The van der Waals surface area contributed by atoms with Crippen LogP contribution < -0.4 is 10.6 Å². The van der Waals surface area contributed by atoms with Crippen molar-refractivity contribution < 1.29 is 13.3 Å². The Morgan fingerprint density at radius 1 is 1.33 bits per heavy atom. The first-order valence-corrected chi connectivity index (χ1v) is 6.77. The monoisotopic (exact) mass is 255 g/mol. The van der Waals surface area contributed by atoms with Gasteiger partial charge in [-0.2, -0.15) is 0 Å². The van der Waals surface area contributed by atoms with Crippen LogP contribution >= 0.6 is 11.8 Å². The predicted molar refractivity (Wildman–Crippen MR) is 61.7 cm³/mol. The molecule has 0 aromatic carbocycles. The largest absolute Gasteiger partial charge is 0.500 e. The van der Waals surface area contributed by atoms with Crippen molar-refractivity contribution in [1.82, 2.24) is 4.84 Å². The van der Waals surface area contributed by atoms with Crippen LogP contribution in [0.1, 0.15) is 6.42 Å². The van der Waals surface area contributed by atoms with Gasteiger partial charge in [0.15, 0.2) is 0 Å². The van der Waals surface area contributed by atoms with Crippen molar-refractivity contribution in [2.75, 3.05) is 27.9 Å². The summed E-state index contributed by atoms with van der Waals surface area (Å²) < 4.78 is 15.7. The lowest BCUT2D eigenvalue weighted by Crippen LogP contribution is -2.42. The summed E-state index contributed by atoms with van der Waals surface area (Å²) in [6.07, 6.45) is 0.765. The zero-order valence-corrected chi connectivity index (χ0v) is 11.0. The number of aliphatic imine (C=N–C) groups is 1. The Kier molecular flexibility index (Phi) is 7.70. The third-order valence-electron chi connectivity index (χ3n) is 1.95. The minimum Gasteiger partial charge on any atom is -0.377 e. The maximum atomic E-state index is 5.34. The van der Waals surface area contributed by atoms with E-state index in [1.54, 1.807) is 21.3 Å². The molecule has 8 heteroatoms. The normalized spacial score (nSPS) is 12.9. The van der Waals surface area contributed by atoms with Crippen molar-refractivity contribution in [3.8, 4) is 0 Å². The van der Waals surface area contributed by atoms with Crippen LogP contribution in [0.4, 0.5) is 0 Å². The van der Waals surface area contributed by atoms with E-state index in [4.69, 9.17) is 30.8 Å². The van der Waals surface area contributed by atoms with Gasteiger partial charge in [-0.15, -0.1) is 0 Å². The quantitative estimate of drug-likeness (QED) is 0.225. The summed E-state index contributed by atoms with van der Waals surface area (Å²) in [6.45, 7) is 0.552. The molecule has 90 valence electrons. The average Bonchev–Trinajstić information content (AvgIpc) is 2.30. The molecule has 0 aromatic rings. The van der Waals surface area contributed by atoms with E-state index in [-0.39, 0.29) is 5.96 Å². The first-order valence-electron chi connectivity index (χ1n) is 4.46. The standard InChI is InChI=1S/C7H18ClN3O3Si/c1-12-15(13-2,14-3)6-4-5-10-7(9)11-8/h4-6H2,1-3H3,(H3,9,10,11). The number of hydrogen-bond acceptors (Lipinski definition) is 4. The molecule has 3 N–H and O–H groups in total. The first kappa shape index (κ1) is 14.7. The molecular formula is C7H18ClN3O3Si. The average molecular weight is 256 g/mol. The summed E-state index contributed by atoms with van der Waals surface area (Å²) in [5.41, 5.74) is 5.34. The van der Waals surface area contributed by atoms with Crippen LogP contribution in [-0.2, 0) is 13.3 Å². The Morgan fingerprint density at radius 3 is 2.27 bits per heavy atom. The van der Waals surface area contributed by atoms with Gasteiger partial charge in [-0.05, 0) is 6.42 Å². The van der Waals surface area contributed by atoms with Crippen LogP contribution in [0.2, 0.25) is 6.04 Å². The van der Waals surface area contributed by atoms with Gasteiger partial charge in [-0.25, -0.2) is 0 Å². The van der Waals surface area contributed by atoms with Crippen LogP contribution in [0.15, 0.2) is 4.99 Å². The van der Waals surface area contributed by atoms with Gasteiger partial charge in [-0.1, -0.05) is 0 Å². The van der Waals surface area contributed by atoms with Crippen LogP contribution in [0.3, 0.4) is 0 Å². The fourth-order valence-corrected chi connectivity index (χ4v) is 2.84. The van der Waals surface area contributed by atoms with Gasteiger partial charge < -0.3 is 19.0 Å². The van der Waals surface area contributed by atoms with Crippen molar-refractivity contribution in [3.63, 3.8) is 0 Å². The van der Waals surface area contributed by atoms with Crippen LogP contribution in [0, 0.1) is 0 Å². The number of guanidine groups is 1. The van der Waals surface area contributed by atoms with E-state index in [2.05, 4.69) is 9.83 Å². The maximum Gasteiger partial charge on any atom is 0.500 e. The van der Waals surface area contributed by atoms with Crippen molar-refractivity contribution in [2.24, 2.45) is 10.7 Å². The van der Waals surface area contributed by atoms with E-state index in [1.807, 2.05) is 0 Å². The van der Waals surface area contributed by atoms with E-state index in [0.29, 0.717) is 12.6 Å². The fraction of sp³-hybridized carbons (Fsp3) is 0.857. The second kappa shape index (κ2) is 7.89. The van der Waals surface area contributed by atoms with Crippen molar-refractivity contribution in [2.45, 2.75) is 12.5 Å². The highest BCUT2D eigenvalue weighted by atomic mass is 35.5. The summed E-state index contributed by atoms with van der Waals surface area (Å²) in [5.74, 6) is 0.205. The molecule has 0 heterocycles. The molecule has 0 aliphatic carbocycles. The highest BCUT2D eigenvalue weighted by molar-refractivity contribution is 6.60. The second-order valence-corrected chi connectivity index (χ2v) is 6.04. The fourth-order valence-electron chi connectivity index (χ4n) is 1.08. The number of hydrogen-bond donors (Lipinski definition) is 2. The minimum atomic E-state index is -2.46. The summed E-state index contributed by atoms with van der Waals surface area (Å²) in [7, 11) is 2.28. The van der Waals surface area contributed by atoms with Crippen LogP contribution in [0.5, 0.6) is 0 Å². The highest BCUT2D eigenvalue weighted by Gasteiger charge is 2.36. The lowest BCUT2D eigenvalue weighted by Gasteiger charge is -2.23. The van der Waals surface area contributed by atoms with E-state index >= 15 is 0 Å². The molecular weight excluding hydrogens is 238 g/mol. The molecule has 0 atom stereocenters. The smallest absolute Gasteiger partial charge is 0.377 e. The summed E-state index contributed by atoms with van der Waals surface area (Å²) in [4.78, 5) is 6.18. The van der Waals surface area contributed by atoms with Gasteiger partial charge in [-0.3, -0.25) is 9.83 Å². The molecule has 0 bridgehead atoms. The van der Waals surface area contributed by atoms with Crippen LogP contribution in [0.25, 0.3) is 0 Å². The van der Waals surface area contributed by atoms with E-state index in [0.717, 1.165) is 6.42 Å². The molecule has 15 heavy (non-hydrogen) atoms. The molecule has 0 amide bonds. The Bertz CT molecular complexity index is 194. The third-order valence-corrected chi connectivity index (χ3v) is 4.98. The SMILES string of the molecule is CO[Si](CCCN=C(N)NCl)(OC)OC. The van der Waals surface area contributed by atoms with Crippen molar-refractivity contribution >= 4 is 26.5 Å². The topological polar surface area (TPSA) is 78.1 Å². The van der Waals surface area contributed by atoms with Gasteiger partial charge in [0.1, 0.15) is 0 Å². The molecule has 0 aromatic heterocycles. The van der Waals surface area contributed by atoms with Gasteiger partial charge in [0.25, 0.3) is 0 Å². The maximum absolute atomic E-state index is 5.34. The zero-order chi connectivity index (χ0) is 11.7. The number of nitrogens with zero attached hydrogens (tertiary/aromatic N) is 1. The van der Waals surface area contributed by atoms with E-state index in [1.165, 1.54) is 0 Å². The molecule has 0 radical (unpaired) electrons. The molecule has 0 saturated carbocycles. The van der Waals surface area contributed by atoms with Gasteiger partial charge in [0.2, 0.25) is 5.96 Å². The zero-order valence-electron chi connectivity index (χ0n) is 9.25. The number of rotatable bonds is 7. The highest BCUT2D eigenvalue weighted by Crippen LogP contribution is 2.14. The molecule has 0 rings (SSSR count). The molecule has 0 fully saturated rings. The van der Waals surface area contributed by atoms with E-state index in [9.17, 15) is 0 Å². The number of nitrogens with two attached hydrogens (primary N) is 1. The summed E-state index contributed by atoms with van der Waals surface area (Å²) in [6, 6.07) is 0.690. The molecule has 0 spiro atoms. The Balaban J connectivity index is 3.91. The van der Waals surface area contributed by atoms with Gasteiger partial charge in [0, 0.05) is 45.7 Å². The molecule has 0 saturated heterocycles. The Hall–Kier alpha value is -0.343. The van der Waals surface area contributed by atoms with Crippen LogP contribution in [-0.4, -0.2) is 42.6 Å².